The summed E-state index contributed by atoms with van der Waals surface area (Å²) in [7, 11) is 0. The van der Waals surface area contributed by atoms with E-state index in [2.05, 4.69) is 4.98 Å². The molecule has 3 aromatic rings. The van der Waals surface area contributed by atoms with Crippen molar-refractivity contribution in [3.8, 4) is 0 Å². The van der Waals surface area contributed by atoms with Crippen LogP contribution in [0, 0.1) is 6.92 Å². The standard InChI is InChI=1S/C18H13F3N2OS/c1-12-11-25-17(22-12)23(13-7-3-2-4-8-13)16(24)14-9-5-6-10-15(14)18(19,20)21/h2-11H,1H3. The Morgan fingerprint density at radius 1 is 1.04 bits per heavy atom. The summed E-state index contributed by atoms with van der Waals surface area (Å²) in [6.07, 6.45) is -4.62. The van der Waals surface area contributed by atoms with Crippen molar-refractivity contribution in [2.75, 3.05) is 4.90 Å². The highest BCUT2D eigenvalue weighted by Crippen LogP contribution is 2.35. The van der Waals surface area contributed by atoms with Gasteiger partial charge in [0.15, 0.2) is 5.13 Å². The number of aryl methyl sites for hydroxylation is 1. The van der Waals surface area contributed by atoms with Crippen LogP contribution < -0.4 is 4.90 Å². The molecule has 2 aromatic carbocycles. The molecular formula is C18H13F3N2OS. The third kappa shape index (κ3) is 3.56. The molecule has 0 spiro atoms. The first-order chi connectivity index (χ1) is 11.9. The first kappa shape index (κ1) is 17.2. The van der Waals surface area contributed by atoms with E-state index in [0.29, 0.717) is 16.5 Å². The third-order valence-electron chi connectivity index (χ3n) is 3.48. The topological polar surface area (TPSA) is 33.2 Å². The molecule has 0 N–H and O–H groups in total. The Bertz CT molecular complexity index is 891. The lowest BCUT2D eigenvalue weighted by Crippen LogP contribution is -2.28. The van der Waals surface area contributed by atoms with Crippen molar-refractivity contribution in [3.63, 3.8) is 0 Å². The molecule has 0 aliphatic heterocycles. The highest BCUT2D eigenvalue weighted by atomic mass is 32.1. The minimum Gasteiger partial charge on any atom is -0.268 e. The molecule has 1 heterocycles. The van der Waals surface area contributed by atoms with E-state index in [1.807, 2.05) is 0 Å². The van der Waals surface area contributed by atoms with E-state index in [0.717, 1.165) is 6.07 Å². The average Bonchev–Trinajstić information content (AvgIpc) is 3.01. The summed E-state index contributed by atoms with van der Waals surface area (Å²) in [6, 6.07) is 13.3. The van der Waals surface area contributed by atoms with E-state index < -0.39 is 23.2 Å². The maximum Gasteiger partial charge on any atom is 0.417 e. The van der Waals surface area contributed by atoms with Crippen LogP contribution in [0.4, 0.5) is 24.0 Å². The molecule has 7 heteroatoms. The number of rotatable bonds is 3. The van der Waals surface area contributed by atoms with Gasteiger partial charge < -0.3 is 0 Å². The molecule has 1 amide bonds. The summed E-state index contributed by atoms with van der Waals surface area (Å²) in [4.78, 5) is 18.5. The number of benzene rings is 2. The SMILES string of the molecule is Cc1csc(N(C(=O)c2ccccc2C(F)(F)F)c2ccccc2)n1. The van der Waals surface area contributed by atoms with Crippen molar-refractivity contribution in [3.05, 3.63) is 76.8 Å². The first-order valence-corrected chi connectivity index (χ1v) is 8.24. The second-order valence-electron chi connectivity index (χ2n) is 5.29. The van der Waals surface area contributed by atoms with E-state index in [-0.39, 0.29) is 0 Å². The number of anilines is 2. The molecule has 3 nitrogen and oxygen atoms in total. The second kappa shape index (κ2) is 6.68. The van der Waals surface area contributed by atoms with Gasteiger partial charge in [0.1, 0.15) is 0 Å². The molecule has 128 valence electrons. The number of aromatic nitrogens is 1. The molecular weight excluding hydrogens is 349 g/mol. The van der Waals surface area contributed by atoms with E-state index >= 15 is 0 Å². The fourth-order valence-electron chi connectivity index (χ4n) is 2.37. The van der Waals surface area contributed by atoms with Crippen molar-refractivity contribution in [1.82, 2.24) is 4.98 Å². The van der Waals surface area contributed by atoms with Gasteiger partial charge in [-0.15, -0.1) is 11.3 Å². The lowest BCUT2D eigenvalue weighted by Gasteiger charge is -2.22. The Morgan fingerprint density at radius 3 is 2.28 bits per heavy atom. The Labute approximate surface area is 146 Å². The minimum absolute atomic E-state index is 0.325. The molecule has 0 radical (unpaired) electrons. The molecule has 0 aliphatic rings. The van der Waals surface area contributed by atoms with Crippen LogP contribution in [0.15, 0.2) is 60.0 Å². The third-order valence-corrected chi connectivity index (χ3v) is 4.42. The van der Waals surface area contributed by atoms with Crippen molar-refractivity contribution in [2.24, 2.45) is 0 Å². The normalized spacial score (nSPS) is 11.4. The largest absolute Gasteiger partial charge is 0.417 e. The highest BCUT2D eigenvalue weighted by Gasteiger charge is 2.36. The van der Waals surface area contributed by atoms with Gasteiger partial charge >= 0.3 is 6.18 Å². The summed E-state index contributed by atoms with van der Waals surface area (Å²) in [5.41, 5.74) is -0.224. The fourth-order valence-corrected chi connectivity index (χ4v) is 3.19. The number of carbonyl (C=O) groups is 1. The lowest BCUT2D eigenvalue weighted by atomic mass is 10.1. The zero-order valence-corrected chi connectivity index (χ0v) is 13.9. The van der Waals surface area contributed by atoms with Gasteiger partial charge in [0.05, 0.1) is 22.5 Å². The summed E-state index contributed by atoms with van der Waals surface area (Å²) in [6.45, 7) is 1.76. The fraction of sp³-hybridized carbons (Fsp3) is 0.111. The van der Waals surface area contributed by atoms with Crippen molar-refractivity contribution >= 4 is 28.1 Å². The molecule has 0 unspecified atom stereocenters. The quantitative estimate of drug-likeness (QED) is 0.621. The monoisotopic (exact) mass is 362 g/mol. The Morgan fingerprint density at radius 2 is 1.68 bits per heavy atom. The molecule has 0 saturated carbocycles. The maximum absolute atomic E-state index is 13.3. The van der Waals surface area contributed by atoms with Crippen LogP contribution in [-0.4, -0.2) is 10.9 Å². The molecule has 3 rings (SSSR count). The molecule has 0 bridgehead atoms. The number of hydrogen-bond acceptors (Lipinski definition) is 3. The van der Waals surface area contributed by atoms with Gasteiger partial charge in [0.25, 0.3) is 5.91 Å². The van der Waals surface area contributed by atoms with Gasteiger partial charge in [-0.1, -0.05) is 30.3 Å². The zero-order chi connectivity index (χ0) is 18.0. The van der Waals surface area contributed by atoms with Gasteiger partial charge in [-0.25, -0.2) is 4.98 Å². The summed E-state index contributed by atoms with van der Waals surface area (Å²) in [5, 5.41) is 2.07. The van der Waals surface area contributed by atoms with Gasteiger partial charge in [-0.05, 0) is 31.2 Å². The lowest BCUT2D eigenvalue weighted by molar-refractivity contribution is -0.137. The van der Waals surface area contributed by atoms with Gasteiger partial charge in [0.2, 0.25) is 0 Å². The Hall–Kier alpha value is -2.67. The number of halogens is 3. The zero-order valence-electron chi connectivity index (χ0n) is 13.1. The predicted molar refractivity (Wildman–Crippen MR) is 91.2 cm³/mol. The van der Waals surface area contributed by atoms with Crippen LogP contribution >= 0.6 is 11.3 Å². The van der Waals surface area contributed by atoms with Gasteiger partial charge in [-0.3, -0.25) is 9.69 Å². The number of alkyl halides is 3. The molecule has 0 saturated heterocycles. The smallest absolute Gasteiger partial charge is 0.268 e. The summed E-state index contributed by atoms with van der Waals surface area (Å²) < 4.78 is 39.9. The van der Waals surface area contributed by atoms with Crippen LogP contribution in [0.1, 0.15) is 21.6 Å². The average molecular weight is 362 g/mol. The van der Waals surface area contributed by atoms with Crippen LogP contribution in [-0.2, 0) is 6.18 Å². The van der Waals surface area contributed by atoms with Crippen LogP contribution in [0.25, 0.3) is 0 Å². The number of hydrogen-bond donors (Lipinski definition) is 0. The number of carbonyl (C=O) groups excluding carboxylic acids is 1. The maximum atomic E-state index is 13.3. The number of para-hydroxylation sites is 1. The molecule has 0 aliphatic carbocycles. The van der Waals surface area contributed by atoms with E-state index in [4.69, 9.17) is 0 Å². The van der Waals surface area contributed by atoms with Gasteiger partial charge in [-0.2, -0.15) is 13.2 Å². The molecule has 1 aromatic heterocycles. The highest BCUT2D eigenvalue weighted by molar-refractivity contribution is 7.14. The predicted octanol–water partition coefficient (Wildman–Crippen LogP) is 5.45. The number of thiazole rings is 1. The minimum atomic E-state index is -4.62. The van der Waals surface area contributed by atoms with Crippen LogP contribution in [0.3, 0.4) is 0 Å². The van der Waals surface area contributed by atoms with Crippen molar-refractivity contribution < 1.29 is 18.0 Å². The van der Waals surface area contributed by atoms with Crippen LogP contribution in [0.5, 0.6) is 0 Å². The Kier molecular flexibility index (Phi) is 4.59. The van der Waals surface area contributed by atoms with Crippen molar-refractivity contribution in [1.29, 1.82) is 0 Å². The summed E-state index contributed by atoms with van der Waals surface area (Å²) in [5.74, 6) is -0.770. The van der Waals surface area contributed by atoms with Gasteiger partial charge in [0, 0.05) is 5.38 Å². The van der Waals surface area contributed by atoms with Crippen molar-refractivity contribution in [2.45, 2.75) is 13.1 Å². The number of amides is 1. The van der Waals surface area contributed by atoms with E-state index in [9.17, 15) is 18.0 Å². The van der Waals surface area contributed by atoms with E-state index in [1.54, 1.807) is 42.6 Å². The van der Waals surface area contributed by atoms with E-state index in [1.165, 1.54) is 34.4 Å². The molecule has 0 fully saturated rings. The molecule has 25 heavy (non-hydrogen) atoms. The van der Waals surface area contributed by atoms with Crippen LogP contribution in [0.2, 0.25) is 0 Å². The first-order valence-electron chi connectivity index (χ1n) is 7.36. The Balaban J connectivity index is 2.14. The molecule has 0 atom stereocenters. The number of nitrogens with zero attached hydrogens (tertiary/aromatic N) is 2. The second-order valence-corrected chi connectivity index (χ2v) is 6.13. The summed E-state index contributed by atoms with van der Waals surface area (Å²) >= 11 is 1.20.